The Morgan fingerprint density at radius 1 is 0.944 bits per heavy atom. The van der Waals surface area contributed by atoms with Gasteiger partial charge in [0.1, 0.15) is 36.3 Å². The molecule has 0 radical (unpaired) electrons. The monoisotopic (exact) mass is 506 g/mol. The zero-order valence-corrected chi connectivity index (χ0v) is 20.7. The first-order valence-electron chi connectivity index (χ1n) is 12.5. The molecule has 4 rings (SSSR count). The summed E-state index contributed by atoms with van der Waals surface area (Å²) in [5.41, 5.74) is 3.39. The quantitative estimate of drug-likeness (QED) is 0.457. The van der Waals surface area contributed by atoms with Gasteiger partial charge in [-0.15, -0.1) is 0 Å². The molecule has 2 aliphatic rings. The minimum Gasteiger partial charge on any atom is -0.493 e. The number of halogens is 2. The average molecular weight is 507 g/mol. The Bertz CT molecular complexity index is 1020. The molecule has 8 heteroatoms. The van der Waals surface area contributed by atoms with Gasteiger partial charge in [-0.2, -0.15) is 0 Å². The van der Waals surface area contributed by atoms with E-state index in [1.165, 1.54) is 0 Å². The van der Waals surface area contributed by atoms with Crippen LogP contribution >= 0.6 is 0 Å². The average Bonchev–Trinajstić information content (AvgIpc) is 2.86. The van der Waals surface area contributed by atoms with Crippen LogP contribution in [0.2, 0.25) is 0 Å². The lowest BCUT2D eigenvalue weighted by molar-refractivity contribution is -0.231. The van der Waals surface area contributed by atoms with E-state index in [9.17, 15) is 29.2 Å². The molecule has 0 spiro atoms. The van der Waals surface area contributed by atoms with Crippen molar-refractivity contribution in [3.05, 3.63) is 64.7 Å². The van der Waals surface area contributed by atoms with Gasteiger partial charge in [-0.25, -0.2) is 8.78 Å². The fraction of sp³-hybridized carbons (Fsp3) is 0.571. The van der Waals surface area contributed by atoms with Crippen LogP contribution in [0.5, 0.6) is 5.75 Å². The van der Waals surface area contributed by atoms with Crippen molar-refractivity contribution in [2.45, 2.75) is 82.4 Å². The fourth-order valence-corrected chi connectivity index (χ4v) is 5.11. The largest absolute Gasteiger partial charge is 0.493 e. The molecule has 0 aromatic heterocycles. The Labute approximate surface area is 210 Å². The summed E-state index contributed by atoms with van der Waals surface area (Å²) in [6.07, 6.45) is -4.66. The summed E-state index contributed by atoms with van der Waals surface area (Å²) in [4.78, 5) is 0. The molecular formula is C28H36F2O6. The van der Waals surface area contributed by atoms with E-state index in [1.54, 1.807) is 0 Å². The summed E-state index contributed by atoms with van der Waals surface area (Å²) in [7, 11) is 0. The molecule has 5 atom stereocenters. The zero-order chi connectivity index (χ0) is 26.1. The summed E-state index contributed by atoms with van der Waals surface area (Å²) in [6.45, 7) is 3.85. The van der Waals surface area contributed by atoms with Gasteiger partial charge >= 0.3 is 0 Å². The van der Waals surface area contributed by atoms with Crippen LogP contribution in [-0.4, -0.2) is 64.0 Å². The molecule has 0 amide bonds. The molecule has 36 heavy (non-hydrogen) atoms. The third-order valence-electron chi connectivity index (χ3n) is 7.78. The lowest BCUT2D eigenvalue weighted by Crippen LogP contribution is -2.55. The van der Waals surface area contributed by atoms with Crippen LogP contribution in [0.25, 0.3) is 0 Å². The van der Waals surface area contributed by atoms with Gasteiger partial charge in [0.05, 0.1) is 13.2 Å². The molecule has 2 aromatic rings. The predicted octanol–water partition coefficient (Wildman–Crippen LogP) is 3.70. The van der Waals surface area contributed by atoms with E-state index in [0.29, 0.717) is 37.2 Å². The number of benzene rings is 2. The van der Waals surface area contributed by atoms with E-state index in [-0.39, 0.29) is 18.3 Å². The number of rotatable bonds is 7. The van der Waals surface area contributed by atoms with Crippen molar-refractivity contribution in [1.82, 2.24) is 0 Å². The van der Waals surface area contributed by atoms with Crippen LogP contribution in [0.4, 0.5) is 8.78 Å². The Hall–Kier alpha value is -2.10. The predicted molar refractivity (Wildman–Crippen MR) is 130 cm³/mol. The van der Waals surface area contributed by atoms with Crippen LogP contribution in [0.1, 0.15) is 61.0 Å². The smallest absolute Gasteiger partial charge is 0.248 e. The second-order valence-corrected chi connectivity index (χ2v) is 10.7. The molecule has 1 aliphatic carbocycles. The van der Waals surface area contributed by atoms with Crippen molar-refractivity contribution in [2.75, 3.05) is 13.2 Å². The van der Waals surface area contributed by atoms with E-state index < -0.39 is 43.0 Å². The van der Waals surface area contributed by atoms with Crippen LogP contribution in [0.15, 0.2) is 42.5 Å². The summed E-state index contributed by atoms with van der Waals surface area (Å²) in [6, 6.07) is 13.3. The normalized spacial score (nSPS) is 29.6. The van der Waals surface area contributed by atoms with E-state index in [2.05, 4.69) is 0 Å². The van der Waals surface area contributed by atoms with Crippen LogP contribution in [0.3, 0.4) is 0 Å². The number of hydrogen-bond donors (Lipinski definition) is 4. The lowest BCUT2D eigenvalue weighted by Gasteiger charge is -2.40. The van der Waals surface area contributed by atoms with Crippen LogP contribution in [-0.2, 0) is 11.2 Å². The zero-order valence-electron chi connectivity index (χ0n) is 20.7. The SMILES string of the molecule is Cc1c(Cc2ccc(OCC3(C)CCC(F)(F)CC3)cc2)cccc1[C@@H]1O[C@H](CO)[C@@H](O)[C@H](O)[C@H]1O. The lowest BCUT2D eigenvalue weighted by atomic mass is 9.75. The molecule has 4 N–H and O–H groups in total. The van der Waals surface area contributed by atoms with Gasteiger partial charge in [0.15, 0.2) is 0 Å². The van der Waals surface area contributed by atoms with Crippen molar-refractivity contribution in [3.63, 3.8) is 0 Å². The fourth-order valence-electron chi connectivity index (χ4n) is 5.11. The summed E-state index contributed by atoms with van der Waals surface area (Å²) < 4.78 is 38.7. The Morgan fingerprint density at radius 2 is 1.61 bits per heavy atom. The maximum absolute atomic E-state index is 13.5. The van der Waals surface area contributed by atoms with E-state index in [4.69, 9.17) is 9.47 Å². The second kappa shape index (κ2) is 10.7. The van der Waals surface area contributed by atoms with Gasteiger partial charge in [-0.1, -0.05) is 37.3 Å². The van der Waals surface area contributed by atoms with Gasteiger partial charge in [0, 0.05) is 18.3 Å². The van der Waals surface area contributed by atoms with Gasteiger partial charge < -0.3 is 29.9 Å². The second-order valence-electron chi connectivity index (χ2n) is 10.7. The van der Waals surface area contributed by atoms with Crippen LogP contribution < -0.4 is 4.74 Å². The maximum Gasteiger partial charge on any atom is 0.248 e. The first-order valence-corrected chi connectivity index (χ1v) is 12.5. The summed E-state index contributed by atoms with van der Waals surface area (Å²) >= 11 is 0. The molecule has 6 nitrogen and oxygen atoms in total. The van der Waals surface area contributed by atoms with E-state index >= 15 is 0 Å². The minimum atomic E-state index is -2.56. The van der Waals surface area contributed by atoms with Crippen molar-refractivity contribution in [1.29, 1.82) is 0 Å². The minimum absolute atomic E-state index is 0.0899. The molecule has 1 saturated carbocycles. The summed E-state index contributed by atoms with van der Waals surface area (Å²) in [5.74, 6) is -1.86. The topological polar surface area (TPSA) is 99.4 Å². The first-order chi connectivity index (χ1) is 17.0. The van der Waals surface area contributed by atoms with Gasteiger partial charge in [-0.05, 0) is 60.6 Å². The van der Waals surface area contributed by atoms with Gasteiger partial charge in [0.2, 0.25) is 5.92 Å². The molecule has 1 heterocycles. The van der Waals surface area contributed by atoms with Crippen molar-refractivity contribution in [2.24, 2.45) is 5.41 Å². The standard InChI is InChI=1S/C28H36F2O6/c1-17-19(4-3-5-21(17)26-25(34)24(33)23(32)22(15-31)36-26)14-18-6-8-20(9-7-18)35-16-27(2)10-12-28(29,30)13-11-27/h3-9,22-26,31-34H,10-16H2,1-2H3/t22-,23-,24+,25-,26+/m1/s1. The van der Waals surface area contributed by atoms with Gasteiger partial charge in [0.25, 0.3) is 0 Å². The summed E-state index contributed by atoms with van der Waals surface area (Å²) in [5, 5.41) is 40.3. The molecule has 1 aliphatic heterocycles. The highest BCUT2D eigenvalue weighted by molar-refractivity contribution is 5.40. The maximum atomic E-state index is 13.5. The number of aliphatic hydroxyl groups is 4. The van der Waals surface area contributed by atoms with Crippen molar-refractivity contribution in [3.8, 4) is 5.75 Å². The van der Waals surface area contributed by atoms with Crippen molar-refractivity contribution >= 4 is 0 Å². The van der Waals surface area contributed by atoms with Crippen LogP contribution in [0, 0.1) is 12.3 Å². The highest BCUT2D eigenvalue weighted by atomic mass is 19.3. The molecular weight excluding hydrogens is 470 g/mol. The van der Waals surface area contributed by atoms with E-state index in [0.717, 1.165) is 16.7 Å². The third kappa shape index (κ3) is 5.89. The van der Waals surface area contributed by atoms with Gasteiger partial charge in [-0.3, -0.25) is 0 Å². The third-order valence-corrected chi connectivity index (χ3v) is 7.78. The number of aliphatic hydroxyl groups excluding tert-OH is 4. The molecule has 1 saturated heterocycles. The molecule has 0 unspecified atom stereocenters. The molecule has 0 bridgehead atoms. The highest BCUT2D eigenvalue weighted by Crippen LogP contribution is 2.43. The number of alkyl halides is 2. The van der Waals surface area contributed by atoms with Crippen molar-refractivity contribution < 1.29 is 38.7 Å². The molecule has 198 valence electrons. The number of ether oxygens (including phenoxy) is 2. The Kier molecular flexibility index (Phi) is 8.02. The number of hydrogen-bond acceptors (Lipinski definition) is 6. The molecule has 2 fully saturated rings. The Morgan fingerprint density at radius 3 is 2.25 bits per heavy atom. The van der Waals surface area contributed by atoms with E-state index in [1.807, 2.05) is 56.3 Å². The Balaban J connectivity index is 1.41. The highest BCUT2D eigenvalue weighted by Gasteiger charge is 2.44. The first kappa shape index (κ1) is 26.9. The molecule has 2 aromatic carbocycles.